The first-order valence-corrected chi connectivity index (χ1v) is 5.83. The number of H-pyrrole nitrogens is 1. The Balaban J connectivity index is 0.000000606. The van der Waals surface area contributed by atoms with Crippen LogP contribution in [0.25, 0.3) is 10.8 Å². The van der Waals surface area contributed by atoms with Gasteiger partial charge in [-0.1, -0.05) is 38.5 Å². The molecule has 0 fully saturated rings. The van der Waals surface area contributed by atoms with Crippen molar-refractivity contribution in [2.75, 3.05) is 0 Å². The highest BCUT2D eigenvalue weighted by Gasteiger charge is 2.02. The predicted octanol–water partition coefficient (Wildman–Crippen LogP) is 3.43. The van der Waals surface area contributed by atoms with Gasteiger partial charge in [0.05, 0.1) is 0 Å². The minimum atomic E-state index is 0.000833. The van der Waals surface area contributed by atoms with Crippen molar-refractivity contribution in [1.82, 2.24) is 4.98 Å². The largest absolute Gasteiger partial charge is 0.328 e. The molecule has 1 N–H and O–H groups in total. The summed E-state index contributed by atoms with van der Waals surface area (Å²) in [5, 5.41) is 1.87. The highest BCUT2D eigenvalue weighted by atomic mass is 16.1. The van der Waals surface area contributed by atoms with Gasteiger partial charge in [0.25, 0.3) is 5.56 Å². The van der Waals surface area contributed by atoms with Crippen LogP contribution in [-0.2, 0) is 6.42 Å². The molecule has 1 heterocycles. The van der Waals surface area contributed by atoms with Gasteiger partial charge in [0.15, 0.2) is 0 Å². The van der Waals surface area contributed by atoms with E-state index in [1.165, 1.54) is 5.56 Å². The molecule has 1 aromatic heterocycles. The first kappa shape index (κ1) is 12.5. The Labute approximate surface area is 96.3 Å². The first-order chi connectivity index (χ1) is 7.72. The van der Waals surface area contributed by atoms with Crippen LogP contribution in [0.2, 0.25) is 0 Å². The Morgan fingerprint density at radius 2 is 1.88 bits per heavy atom. The van der Waals surface area contributed by atoms with E-state index in [-0.39, 0.29) is 5.56 Å². The van der Waals surface area contributed by atoms with Crippen LogP contribution in [-0.4, -0.2) is 4.98 Å². The van der Waals surface area contributed by atoms with Gasteiger partial charge in [-0.2, -0.15) is 0 Å². The molecule has 0 saturated heterocycles. The summed E-state index contributed by atoms with van der Waals surface area (Å²) < 4.78 is 0. The van der Waals surface area contributed by atoms with Crippen molar-refractivity contribution in [2.24, 2.45) is 0 Å². The Hall–Kier alpha value is -1.57. The molecule has 0 spiro atoms. The van der Waals surface area contributed by atoms with Gasteiger partial charge in [0.2, 0.25) is 0 Å². The van der Waals surface area contributed by atoms with Gasteiger partial charge in [-0.05, 0) is 30.4 Å². The lowest BCUT2D eigenvalue weighted by molar-refractivity contribution is 1.11. The number of nitrogens with one attached hydrogen (secondary N) is 1. The number of hydrogen-bond acceptors (Lipinski definition) is 1. The van der Waals surface area contributed by atoms with E-state index < -0.39 is 0 Å². The molecule has 0 aliphatic heterocycles. The van der Waals surface area contributed by atoms with Gasteiger partial charge in [0, 0.05) is 11.6 Å². The molecule has 2 nitrogen and oxygen atoms in total. The van der Waals surface area contributed by atoms with Gasteiger partial charge < -0.3 is 4.98 Å². The van der Waals surface area contributed by atoms with Crippen LogP contribution in [0.1, 0.15) is 31.9 Å². The second-order valence-corrected chi connectivity index (χ2v) is 3.55. The zero-order valence-electron chi connectivity index (χ0n) is 10.4. The maximum Gasteiger partial charge on any atom is 0.255 e. The molecule has 86 valence electrons. The number of fused-ring (bicyclic) bond motifs is 1. The zero-order valence-corrected chi connectivity index (χ0v) is 10.4. The standard InChI is InChI=1S/C12H13NO.C2H6/c1-3-9-7-13-12(14)11-6-8(2)4-5-10(9)11;1-2/h4-7H,3H2,1-2H3,(H,13,14);1-2H3. The summed E-state index contributed by atoms with van der Waals surface area (Å²) in [6, 6.07) is 6.01. The molecule has 2 aromatic rings. The fourth-order valence-electron chi connectivity index (χ4n) is 1.73. The highest BCUT2D eigenvalue weighted by molar-refractivity contribution is 5.85. The van der Waals surface area contributed by atoms with Crippen LogP contribution >= 0.6 is 0 Å². The van der Waals surface area contributed by atoms with E-state index >= 15 is 0 Å². The van der Waals surface area contributed by atoms with E-state index in [1.807, 2.05) is 39.0 Å². The summed E-state index contributed by atoms with van der Waals surface area (Å²) in [6.45, 7) is 8.09. The van der Waals surface area contributed by atoms with Gasteiger partial charge in [-0.25, -0.2) is 0 Å². The predicted molar refractivity (Wildman–Crippen MR) is 70.0 cm³/mol. The molecule has 0 bridgehead atoms. The highest BCUT2D eigenvalue weighted by Crippen LogP contribution is 2.16. The number of pyridine rings is 1. The van der Waals surface area contributed by atoms with Crippen molar-refractivity contribution >= 4 is 10.8 Å². The second-order valence-electron chi connectivity index (χ2n) is 3.55. The quantitative estimate of drug-likeness (QED) is 0.780. The van der Waals surface area contributed by atoms with Crippen LogP contribution in [0.5, 0.6) is 0 Å². The molecule has 0 atom stereocenters. The van der Waals surface area contributed by atoms with Crippen molar-refractivity contribution in [3.63, 3.8) is 0 Å². The fraction of sp³-hybridized carbons (Fsp3) is 0.357. The second kappa shape index (κ2) is 5.50. The van der Waals surface area contributed by atoms with Crippen LogP contribution in [0.15, 0.2) is 29.2 Å². The van der Waals surface area contributed by atoms with Crippen LogP contribution in [0.4, 0.5) is 0 Å². The number of aromatic nitrogens is 1. The number of aromatic amines is 1. The number of rotatable bonds is 1. The maximum atomic E-state index is 11.5. The summed E-state index contributed by atoms with van der Waals surface area (Å²) in [6.07, 6.45) is 2.75. The zero-order chi connectivity index (χ0) is 12.1. The molecule has 0 saturated carbocycles. The molecule has 2 rings (SSSR count). The monoisotopic (exact) mass is 217 g/mol. The lowest BCUT2D eigenvalue weighted by Gasteiger charge is -2.03. The Kier molecular flexibility index (Phi) is 4.29. The molecule has 0 unspecified atom stereocenters. The Bertz CT molecular complexity index is 526. The van der Waals surface area contributed by atoms with E-state index in [0.29, 0.717) is 0 Å². The van der Waals surface area contributed by atoms with Crippen LogP contribution in [0.3, 0.4) is 0 Å². The summed E-state index contributed by atoms with van der Waals surface area (Å²) in [4.78, 5) is 14.3. The minimum Gasteiger partial charge on any atom is -0.328 e. The molecular formula is C14H19NO. The third kappa shape index (κ3) is 2.32. The van der Waals surface area contributed by atoms with E-state index in [2.05, 4.69) is 11.9 Å². The van der Waals surface area contributed by atoms with E-state index in [0.717, 1.165) is 22.8 Å². The third-order valence-electron chi connectivity index (χ3n) is 2.52. The topological polar surface area (TPSA) is 32.9 Å². The molecule has 2 heteroatoms. The summed E-state index contributed by atoms with van der Waals surface area (Å²) in [5.41, 5.74) is 2.32. The molecule has 0 amide bonds. The van der Waals surface area contributed by atoms with Gasteiger partial charge in [0.1, 0.15) is 0 Å². The van der Waals surface area contributed by atoms with Gasteiger partial charge in [-0.3, -0.25) is 4.79 Å². The third-order valence-corrected chi connectivity index (χ3v) is 2.52. The van der Waals surface area contributed by atoms with Crippen LogP contribution < -0.4 is 5.56 Å². The lowest BCUT2D eigenvalue weighted by Crippen LogP contribution is -2.06. The number of hydrogen-bond donors (Lipinski definition) is 1. The molecule has 0 aliphatic rings. The smallest absolute Gasteiger partial charge is 0.255 e. The van der Waals surface area contributed by atoms with E-state index in [9.17, 15) is 4.79 Å². The maximum absolute atomic E-state index is 11.5. The van der Waals surface area contributed by atoms with Crippen LogP contribution in [0, 0.1) is 6.92 Å². The Morgan fingerprint density at radius 1 is 1.19 bits per heavy atom. The lowest BCUT2D eigenvalue weighted by atomic mass is 10.0. The molecule has 0 radical (unpaired) electrons. The molecule has 0 aliphatic carbocycles. The Morgan fingerprint density at radius 3 is 2.50 bits per heavy atom. The van der Waals surface area contributed by atoms with Crippen molar-refractivity contribution in [2.45, 2.75) is 34.1 Å². The first-order valence-electron chi connectivity index (χ1n) is 5.83. The summed E-state index contributed by atoms with van der Waals surface area (Å²) >= 11 is 0. The SMILES string of the molecule is CC.CCc1c[nH]c(=O)c2cc(C)ccc12. The van der Waals surface area contributed by atoms with E-state index in [4.69, 9.17) is 0 Å². The minimum absolute atomic E-state index is 0.000833. The average Bonchev–Trinajstić information content (AvgIpc) is 2.33. The fourth-order valence-corrected chi connectivity index (χ4v) is 1.73. The average molecular weight is 217 g/mol. The van der Waals surface area contributed by atoms with Gasteiger partial charge >= 0.3 is 0 Å². The van der Waals surface area contributed by atoms with Gasteiger partial charge in [-0.15, -0.1) is 0 Å². The normalized spacial score (nSPS) is 9.75. The van der Waals surface area contributed by atoms with Crippen molar-refractivity contribution < 1.29 is 0 Å². The number of benzene rings is 1. The molecular weight excluding hydrogens is 198 g/mol. The van der Waals surface area contributed by atoms with Crippen molar-refractivity contribution in [1.29, 1.82) is 0 Å². The molecule has 1 aromatic carbocycles. The summed E-state index contributed by atoms with van der Waals surface area (Å²) in [7, 11) is 0. The van der Waals surface area contributed by atoms with E-state index in [1.54, 1.807) is 6.20 Å². The number of aryl methyl sites for hydroxylation is 2. The van der Waals surface area contributed by atoms with Crippen molar-refractivity contribution in [3.8, 4) is 0 Å². The summed E-state index contributed by atoms with van der Waals surface area (Å²) in [5.74, 6) is 0. The van der Waals surface area contributed by atoms with Crippen molar-refractivity contribution in [3.05, 3.63) is 45.9 Å². The molecule has 16 heavy (non-hydrogen) atoms.